The number of methoxy groups -OCH3 is 1. The number of carbonyl (C=O) groups is 1. The minimum absolute atomic E-state index is 0.438. The Labute approximate surface area is 90.0 Å². The number of thioether (sulfide) groups is 1. The number of nitrogens with zero attached hydrogens (tertiary/aromatic N) is 1. The maximum atomic E-state index is 10.6. The molecular weight excluding hydrogens is 222 g/mol. The maximum Gasteiger partial charge on any atom is 0.318 e. The highest BCUT2D eigenvalue weighted by molar-refractivity contribution is 8.00. The molecule has 0 aliphatic heterocycles. The molecule has 14 heavy (non-hydrogen) atoms. The lowest BCUT2D eigenvalue weighted by Crippen LogP contribution is -2.19. The fourth-order valence-electron chi connectivity index (χ4n) is 0.884. The van der Waals surface area contributed by atoms with Crippen LogP contribution in [0.4, 0.5) is 9.93 Å². The van der Waals surface area contributed by atoms with Crippen LogP contribution in [0.15, 0.2) is 4.21 Å². The van der Waals surface area contributed by atoms with E-state index in [1.54, 1.807) is 18.9 Å². The van der Waals surface area contributed by atoms with Crippen LogP contribution in [0.5, 0.6) is 0 Å². The summed E-state index contributed by atoms with van der Waals surface area (Å²) in [7, 11) is 1.60. The zero-order chi connectivity index (χ0) is 10.6. The lowest BCUT2D eigenvalue weighted by Gasteiger charge is -1.95. The van der Waals surface area contributed by atoms with E-state index < -0.39 is 6.03 Å². The molecule has 0 unspecified atom stereocenters. The van der Waals surface area contributed by atoms with Crippen LogP contribution in [-0.4, -0.2) is 24.4 Å². The molecule has 3 N–H and O–H groups in total. The summed E-state index contributed by atoms with van der Waals surface area (Å²) in [6.07, 6.45) is 1.95. The summed E-state index contributed by atoms with van der Waals surface area (Å²) in [5.74, 6) is 0. The number of anilines is 1. The van der Waals surface area contributed by atoms with Crippen molar-refractivity contribution >= 4 is 34.3 Å². The van der Waals surface area contributed by atoms with E-state index in [0.29, 0.717) is 11.7 Å². The summed E-state index contributed by atoms with van der Waals surface area (Å²) >= 11 is 2.95. The molecule has 1 aromatic heterocycles. The predicted molar refractivity (Wildman–Crippen MR) is 57.8 cm³/mol. The van der Waals surface area contributed by atoms with Crippen LogP contribution in [0.1, 0.15) is 5.69 Å². The van der Waals surface area contributed by atoms with Gasteiger partial charge in [0.05, 0.1) is 16.5 Å². The first kappa shape index (κ1) is 11.3. The third-order valence-corrected chi connectivity index (χ3v) is 3.52. The smallest absolute Gasteiger partial charge is 0.318 e. The number of hydrogen-bond acceptors (Lipinski definition) is 5. The number of rotatable bonds is 4. The number of nitrogens with one attached hydrogen (secondary N) is 1. The summed E-state index contributed by atoms with van der Waals surface area (Å²) in [6, 6.07) is -0.602. The topological polar surface area (TPSA) is 77.2 Å². The highest BCUT2D eigenvalue weighted by Crippen LogP contribution is 2.31. The monoisotopic (exact) mass is 233 g/mol. The number of aromatic nitrogens is 1. The van der Waals surface area contributed by atoms with Crippen molar-refractivity contribution in [2.45, 2.75) is 10.8 Å². The molecular formula is C7H11N3O2S2. The molecule has 1 rings (SSSR count). The SMILES string of the molecule is COCc1nc(NC(N)=O)sc1SC. The molecule has 0 aliphatic rings. The average Bonchev–Trinajstić information content (AvgIpc) is 2.47. The van der Waals surface area contributed by atoms with Gasteiger partial charge in [-0.25, -0.2) is 9.78 Å². The van der Waals surface area contributed by atoms with Gasteiger partial charge in [0, 0.05) is 7.11 Å². The first-order valence-corrected chi connectivity index (χ1v) is 5.80. The van der Waals surface area contributed by atoms with Gasteiger partial charge in [-0.15, -0.1) is 11.8 Å². The van der Waals surface area contributed by atoms with E-state index in [9.17, 15) is 4.79 Å². The second-order valence-electron chi connectivity index (χ2n) is 2.38. The summed E-state index contributed by atoms with van der Waals surface area (Å²) in [5, 5.41) is 2.94. The molecule has 1 aromatic rings. The number of thiazole rings is 1. The van der Waals surface area contributed by atoms with Crippen molar-refractivity contribution in [3.8, 4) is 0 Å². The molecule has 0 atom stereocenters. The van der Waals surface area contributed by atoms with Crippen molar-refractivity contribution in [3.63, 3.8) is 0 Å². The van der Waals surface area contributed by atoms with E-state index in [1.165, 1.54) is 11.3 Å². The van der Waals surface area contributed by atoms with E-state index in [4.69, 9.17) is 10.5 Å². The minimum atomic E-state index is -0.602. The Kier molecular flexibility index (Phi) is 4.18. The molecule has 2 amide bonds. The Morgan fingerprint density at radius 1 is 1.79 bits per heavy atom. The molecule has 0 saturated heterocycles. The Morgan fingerprint density at radius 2 is 2.50 bits per heavy atom. The van der Waals surface area contributed by atoms with Crippen LogP contribution in [0.2, 0.25) is 0 Å². The van der Waals surface area contributed by atoms with Crippen LogP contribution >= 0.6 is 23.1 Å². The Hall–Kier alpha value is -0.790. The second-order valence-corrected chi connectivity index (χ2v) is 4.45. The molecule has 78 valence electrons. The van der Waals surface area contributed by atoms with Gasteiger partial charge in [0.2, 0.25) is 0 Å². The van der Waals surface area contributed by atoms with E-state index >= 15 is 0 Å². The zero-order valence-corrected chi connectivity index (χ0v) is 9.50. The first-order valence-electron chi connectivity index (χ1n) is 3.76. The molecule has 0 aromatic carbocycles. The van der Waals surface area contributed by atoms with Crippen LogP contribution in [0.25, 0.3) is 0 Å². The van der Waals surface area contributed by atoms with E-state index in [2.05, 4.69) is 10.3 Å². The van der Waals surface area contributed by atoms with E-state index in [1.807, 2.05) is 6.26 Å². The fourth-order valence-corrected chi connectivity index (χ4v) is 2.50. The quantitative estimate of drug-likeness (QED) is 0.773. The number of amides is 2. The Bertz CT molecular complexity index is 327. The molecule has 0 bridgehead atoms. The number of carbonyl (C=O) groups excluding carboxylic acids is 1. The number of urea groups is 1. The van der Waals surface area contributed by atoms with Gasteiger partial charge in [-0.1, -0.05) is 11.3 Å². The summed E-state index contributed by atoms with van der Waals surface area (Å²) in [5.41, 5.74) is 5.81. The first-order chi connectivity index (χ1) is 6.67. The van der Waals surface area contributed by atoms with Gasteiger partial charge >= 0.3 is 6.03 Å². The Morgan fingerprint density at radius 3 is 3.00 bits per heavy atom. The largest absolute Gasteiger partial charge is 0.378 e. The number of hydrogen-bond donors (Lipinski definition) is 2. The molecule has 0 fully saturated rings. The summed E-state index contributed by atoms with van der Waals surface area (Å²) in [6.45, 7) is 0.438. The predicted octanol–water partition coefficient (Wildman–Crippen LogP) is 1.50. The molecule has 5 nitrogen and oxygen atoms in total. The van der Waals surface area contributed by atoms with Crippen molar-refractivity contribution in [2.24, 2.45) is 5.73 Å². The lowest BCUT2D eigenvalue weighted by atomic mass is 10.5. The van der Waals surface area contributed by atoms with Crippen LogP contribution < -0.4 is 11.1 Å². The molecule has 7 heteroatoms. The van der Waals surface area contributed by atoms with Gasteiger partial charge < -0.3 is 10.5 Å². The molecule has 0 spiro atoms. The Balaban J connectivity index is 2.82. The maximum absolute atomic E-state index is 10.6. The van der Waals surface area contributed by atoms with Gasteiger partial charge in [-0.05, 0) is 6.26 Å². The zero-order valence-electron chi connectivity index (χ0n) is 7.86. The third kappa shape index (κ3) is 2.86. The fraction of sp³-hybridized carbons (Fsp3) is 0.429. The highest BCUT2D eigenvalue weighted by atomic mass is 32.2. The molecule has 0 saturated carbocycles. The van der Waals surface area contributed by atoms with Crippen LogP contribution in [0, 0.1) is 0 Å². The van der Waals surface area contributed by atoms with Gasteiger partial charge in [-0.2, -0.15) is 0 Å². The van der Waals surface area contributed by atoms with Crippen molar-refractivity contribution in [1.29, 1.82) is 0 Å². The molecule has 0 radical (unpaired) electrons. The molecule has 0 aliphatic carbocycles. The van der Waals surface area contributed by atoms with Crippen molar-refractivity contribution in [3.05, 3.63) is 5.69 Å². The normalized spacial score (nSPS) is 10.1. The van der Waals surface area contributed by atoms with Crippen LogP contribution in [-0.2, 0) is 11.3 Å². The highest BCUT2D eigenvalue weighted by Gasteiger charge is 2.10. The number of nitrogens with two attached hydrogens (primary N) is 1. The molecule has 1 heterocycles. The van der Waals surface area contributed by atoms with Crippen molar-refractivity contribution in [1.82, 2.24) is 4.98 Å². The second kappa shape index (κ2) is 5.18. The van der Waals surface area contributed by atoms with Gasteiger partial charge in [0.25, 0.3) is 0 Å². The summed E-state index contributed by atoms with van der Waals surface area (Å²) < 4.78 is 6.00. The number of primary amides is 1. The van der Waals surface area contributed by atoms with E-state index in [0.717, 1.165) is 9.90 Å². The third-order valence-electron chi connectivity index (χ3n) is 1.36. The summed E-state index contributed by atoms with van der Waals surface area (Å²) in [4.78, 5) is 14.7. The van der Waals surface area contributed by atoms with E-state index in [-0.39, 0.29) is 0 Å². The van der Waals surface area contributed by atoms with Crippen molar-refractivity contribution in [2.75, 3.05) is 18.7 Å². The van der Waals surface area contributed by atoms with Gasteiger partial charge in [0.15, 0.2) is 5.13 Å². The van der Waals surface area contributed by atoms with Crippen molar-refractivity contribution < 1.29 is 9.53 Å². The van der Waals surface area contributed by atoms with Crippen LogP contribution in [0.3, 0.4) is 0 Å². The minimum Gasteiger partial charge on any atom is -0.378 e. The average molecular weight is 233 g/mol. The van der Waals surface area contributed by atoms with Gasteiger partial charge in [0.1, 0.15) is 0 Å². The van der Waals surface area contributed by atoms with Gasteiger partial charge in [-0.3, -0.25) is 5.32 Å². The lowest BCUT2D eigenvalue weighted by molar-refractivity contribution is 0.180. The standard InChI is InChI=1S/C7H11N3O2S2/c1-12-3-4-5(13-2)14-7(9-4)10-6(8)11/h3H2,1-2H3,(H3,8,9,10,11). The number of ether oxygens (including phenoxy) is 1.